The van der Waals surface area contributed by atoms with Gasteiger partial charge in [-0.15, -0.1) is 0 Å². The summed E-state index contributed by atoms with van der Waals surface area (Å²) in [6.45, 7) is 2.72. The second kappa shape index (κ2) is 4.78. The molecule has 5 heteroatoms. The third kappa shape index (κ3) is 1.86. The maximum absolute atomic E-state index is 12.3. The van der Waals surface area contributed by atoms with E-state index in [1.54, 1.807) is 13.1 Å². The van der Waals surface area contributed by atoms with Crippen LogP contribution in [-0.4, -0.2) is 15.7 Å². The van der Waals surface area contributed by atoms with E-state index in [-0.39, 0.29) is 11.2 Å². The van der Waals surface area contributed by atoms with Gasteiger partial charge in [-0.05, 0) is 31.5 Å². The van der Waals surface area contributed by atoms with Crippen LogP contribution in [0.2, 0.25) is 0 Å². The lowest BCUT2D eigenvalue weighted by Gasteiger charge is -2.11. The van der Waals surface area contributed by atoms with Crippen LogP contribution in [0.3, 0.4) is 0 Å². The largest absolute Gasteiger partial charge is 0.331 e. The summed E-state index contributed by atoms with van der Waals surface area (Å²) in [7, 11) is 1.69. The van der Waals surface area contributed by atoms with Crippen molar-refractivity contribution >= 4 is 10.9 Å². The third-order valence-electron chi connectivity index (χ3n) is 3.15. The lowest BCUT2D eigenvalue weighted by Crippen LogP contribution is -2.39. The minimum atomic E-state index is -0.282. The average molecular weight is 247 g/mol. The second-order valence-electron chi connectivity index (χ2n) is 4.41. The van der Waals surface area contributed by atoms with Gasteiger partial charge in [-0.2, -0.15) is 0 Å². The number of nitrogens with two attached hydrogens (primary N) is 1. The number of nitrogens with zero attached hydrogens (tertiary/aromatic N) is 2. The fourth-order valence-electron chi connectivity index (χ4n) is 2.23. The molecule has 0 bridgehead atoms. The molecule has 0 fully saturated rings. The molecule has 0 aliphatic carbocycles. The van der Waals surface area contributed by atoms with Gasteiger partial charge in [0, 0.05) is 13.6 Å². The van der Waals surface area contributed by atoms with Gasteiger partial charge in [0.15, 0.2) is 0 Å². The highest BCUT2D eigenvalue weighted by molar-refractivity contribution is 5.81. The molecular formula is C13H17N3O2. The molecule has 0 spiro atoms. The van der Waals surface area contributed by atoms with E-state index in [1.165, 1.54) is 9.13 Å². The molecule has 0 aliphatic heterocycles. The monoisotopic (exact) mass is 247 g/mol. The number of hydrogen-bond acceptors (Lipinski definition) is 3. The molecule has 0 atom stereocenters. The Balaban J connectivity index is 2.84. The zero-order chi connectivity index (χ0) is 13.3. The zero-order valence-electron chi connectivity index (χ0n) is 10.6. The minimum Gasteiger partial charge on any atom is -0.330 e. The number of para-hydroxylation sites is 1. The number of hydrogen-bond donors (Lipinski definition) is 1. The van der Waals surface area contributed by atoms with Gasteiger partial charge >= 0.3 is 5.69 Å². The summed E-state index contributed by atoms with van der Waals surface area (Å²) in [6, 6.07) is 5.48. The highest BCUT2D eigenvalue weighted by atomic mass is 16.2. The van der Waals surface area contributed by atoms with E-state index in [4.69, 9.17) is 5.73 Å². The molecule has 5 nitrogen and oxygen atoms in total. The van der Waals surface area contributed by atoms with Crippen LogP contribution in [0.4, 0.5) is 0 Å². The molecule has 0 aliphatic rings. The molecular weight excluding hydrogens is 230 g/mol. The Bertz CT molecular complexity index is 698. The molecule has 1 aromatic heterocycles. The molecule has 2 N–H and O–H groups in total. The molecule has 2 rings (SSSR count). The Morgan fingerprint density at radius 3 is 2.67 bits per heavy atom. The van der Waals surface area contributed by atoms with Gasteiger partial charge in [0.05, 0.1) is 10.9 Å². The summed E-state index contributed by atoms with van der Waals surface area (Å²) < 4.78 is 2.79. The molecule has 0 unspecified atom stereocenters. The number of aryl methyl sites for hydroxylation is 2. The first kappa shape index (κ1) is 12.6. The first-order chi connectivity index (χ1) is 8.57. The summed E-state index contributed by atoms with van der Waals surface area (Å²) in [6.07, 6.45) is 0.618. The van der Waals surface area contributed by atoms with Crippen molar-refractivity contribution in [3.8, 4) is 0 Å². The van der Waals surface area contributed by atoms with Gasteiger partial charge in [0.25, 0.3) is 5.56 Å². The van der Waals surface area contributed by atoms with Gasteiger partial charge < -0.3 is 5.73 Å². The molecule has 1 aromatic carbocycles. The minimum absolute atomic E-state index is 0.231. The Kier molecular flexibility index (Phi) is 3.34. The molecule has 0 saturated carbocycles. The Morgan fingerprint density at radius 1 is 1.28 bits per heavy atom. The van der Waals surface area contributed by atoms with Crippen LogP contribution < -0.4 is 17.0 Å². The summed E-state index contributed by atoms with van der Waals surface area (Å²) >= 11 is 0. The van der Waals surface area contributed by atoms with Crippen molar-refractivity contribution in [3.05, 3.63) is 44.6 Å². The summed E-state index contributed by atoms with van der Waals surface area (Å²) in [5.41, 5.74) is 6.54. The van der Waals surface area contributed by atoms with E-state index >= 15 is 0 Å². The quantitative estimate of drug-likeness (QED) is 0.851. The number of fused-ring (bicyclic) bond motifs is 1. The van der Waals surface area contributed by atoms with E-state index in [2.05, 4.69) is 0 Å². The van der Waals surface area contributed by atoms with Crippen LogP contribution in [0, 0.1) is 6.92 Å². The highest BCUT2D eigenvalue weighted by Crippen LogP contribution is 2.12. The maximum atomic E-state index is 12.3. The standard InChI is InChI=1S/C13H17N3O2/c1-9-5-3-6-10-11(9)15(2)13(18)16(12(10)17)8-4-7-14/h3,5-6H,4,7-8,14H2,1-2H3. The number of rotatable bonds is 3. The molecule has 0 amide bonds. The van der Waals surface area contributed by atoms with Crippen molar-refractivity contribution in [3.63, 3.8) is 0 Å². The third-order valence-corrected chi connectivity index (χ3v) is 3.15. The fourth-order valence-corrected chi connectivity index (χ4v) is 2.23. The molecule has 96 valence electrons. The van der Waals surface area contributed by atoms with Crippen molar-refractivity contribution in [2.45, 2.75) is 19.9 Å². The van der Waals surface area contributed by atoms with Crippen LogP contribution in [0.25, 0.3) is 10.9 Å². The van der Waals surface area contributed by atoms with Crippen LogP contribution in [-0.2, 0) is 13.6 Å². The zero-order valence-corrected chi connectivity index (χ0v) is 10.6. The normalized spacial score (nSPS) is 11.1. The predicted octanol–water partition coefficient (Wildman–Crippen LogP) is 0.357. The summed E-state index contributed by atoms with van der Waals surface area (Å²) in [4.78, 5) is 24.4. The Labute approximate surface area is 104 Å². The van der Waals surface area contributed by atoms with Crippen molar-refractivity contribution in [2.24, 2.45) is 12.8 Å². The average Bonchev–Trinajstić information content (AvgIpc) is 2.36. The van der Waals surface area contributed by atoms with Crippen molar-refractivity contribution < 1.29 is 0 Å². The summed E-state index contributed by atoms with van der Waals surface area (Å²) in [5, 5.41) is 0.578. The molecule has 1 heterocycles. The molecule has 2 aromatic rings. The van der Waals surface area contributed by atoms with Crippen molar-refractivity contribution in [1.29, 1.82) is 0 Å². The first-order valence-corrected chi connectivity index (χ1v) is 5.97. The van der Waals surface area contributed by atoms with Crippen molar-refractivity contribution in [2.75, 3.05) is 6.54 Å². The topological polar surface area (TPSA) is 70.0 Å². The van der Waals surface area contributed by atoms with E-state index < -0.39 is 0 Å². The van der Waals surface area contributed by atoms with Gasteiger partial charge in [-0.25, -0.2) is 4.79 Å². The number of benzene rings is 1. The molecule has 0 saturated heterocycles. The van der Waals surface area contributed by atoms with Gasteiger partial charge in [0.2, 0.25) is 0 Å². The van der Waals surface area contributed by atoms with Crippen LogP contribution in [0.15, 0.2) is 27.8 Å². The van der Waals surface area contributed by atoms with E-state index in [1.807, 2.05) is 19.1 Å². The Morgan fingerprint density at radius 2 is 2.00 bits per heavy atom. The SMILES string of the molecule is Cc1cccc2c(=O)n(CCCN)c(=O)n(C)c12. The predicted molar refractivity (Wildman–Crippen MR) is 71.9 cm³/mol. The van der Waals surface area contributed by atoms with E-state index in [0.29, 0.717) is 30.4 Å². The summed E-state index contributed by atoms with van der Waals surface area (Å²) in [5.74, 6) is 0. The second-order valence-corrected chi connectivity index (χ2v) is 4.41. The number of aromatic nitrogens is 2. The van der Waals surface area contributed by atoms with E-state index in [0.717, 1.165) is 5.56 Å². The van der Waals surface area contributed by atoms with Crippen LogP contribution in [0.1, 0.15) is 12.0 Å². The molecule has 0 radical (unpaired) electrons. The van der Waals surface area contributed by atoms with Crippen molar-refractivity contribution in [1.82, 2.24) is 9.13 Å². The van der Waals surface area contributed by atoms with Gasteiger partial charge in [-0.1, -0.05) is 12.1 Å². The van der Waals surface area contributed by atoms with Gasteiger partial charge in [-0.3, -0.25) is 13.9 Å². The fraction of sp³-hybridized carbons (Fsp3) is 0.385. The Hall–Kier alpha value is -1.88. The van der Waals surface area contributed by atoms with E-state index in [9.17, 15) is 9.59 Å². The van der Waals surface area contributed by atoms with Crippen LogP contribution >= 0.6 is 0 Å². The smallest absolute Gasteiger partial charge is 0.330 e. The maximum Gasteiger partial charge on any atom is 0.331 e. The first-order valence-electron chi connectivity index (χ1n) is 5.97. The van der Waals surface area contributed by atoms with Crippen LogP contribution in [0.5, 0.6) is 0 Å². The lowest BCUT2D eigenvalue weighted by molar-refractivity contribution is 0.579. The van der Waals surface area contributed by atoms with Gasteiger partial charge in [0.1, 0.15) is 0 Å². The lowest BCUT2D eigenvalue weighted by atomic mass is 10.1. The highest BCUT2D eigenvalue weighted by Gasteiger charge is 2.11. The molecule has 18 heavy (non-hydrogen) atoms.